The number of thioether (sulfide) groups is 1. The second-order valence-corrected chi connectivity index (χ2v) is 7.01. The van der Waals surface area contributed by atoms with Crippen LogP contribution in [0.25, 0.3) is 22.6 Å². The van der Waals surface area contributed by atoms with E-state index in [-0.39, 0.29) is 32.4 Å². The van der Waals surface area contributed by atoms with Crippen LogP contribution in [0.5, 0.6) is 0 Å². The number of pyridine rings is 2. The molecule has 4 nitrogen and oxygen atoms in total. The van der Waals surface area contributed by atoms with Crippen LogP contribution >= 0.6 is 27.7 Å². The Morgan fingerprint density at radius 2 is 1.96 bits per heavy atom. The van der Waals surface area contributed by atoms with Crippen molar-refractivity contribution in [3.05, 3.63) is 42.1 Å². The number of aromatic nitrogens is 4. The molecule has 3 heterocycles. The molecule has 26 heavy (non-hydrogen) atoms. The molecule has 0 bridgehead atoms. The third-order valence-corrected chi connectivity index (χ3v) is 4.67. The van der Waals surface area contributed by atoms with Crippen molar-refractivity contribution in [2.75, 3.05) is 5.75 Å². The number of fused-ring (bicyclic) bond motifs is 1. The van der Waals surface area contributed by atoms with Crippen molar-refractivity contribution in [2.45, 2.75) is 18.0 Å². The van der Waals surface area contributed by atoms with E-state index >= 15 is 0 Å². The maximum atomic E-state index is 12.8. The Hall–Kier alpha value is -0.987. The van der Waals surface area contributed by atoms with Gasteiger partial charge in [0, 0.05) is 17.6 Å². The first kappa shape index (κ1) is 23.1. The third kappa shape index (κ3) is 4.46. The van der Waals surface area contributed by atoms with Gasteiger partial charge in [0.2, 0.25) is 0 Å². The molecule has 0 radical (unpaired) electrons. The standard InChI is InChI=1S/C15H11BrF3N4S.CH3.Zn/c1-3-24-10-4-5-12(16)22-13(10)14-21-8-6-11(15(17,18)19)20-7-9(8)23(14)2;;/h4-6H,3H2,1-2H3;1H3;/q2*-1;+2. The summed E-state index contributed by atoms with van der Waals surface area (Å²) in [6.45, 7) is 2.01. The molecule has 3 rings (SSSR count). The van der Waals surface area contributed by atoms with Gasteiger partial charge in [-0.1, -0.05) is 13.1 Å². The SMILES string of the molecule is CCSc1ccc(Br)nc1-c1nc2cc(C(F)(F)F)n[c-]c2n1C.[CH3-].[Zn+2]. The van der Waals surface area contributed by atoms with E-state index < -0.39 is 11.9 Å². The van der Waals surface area contributed by atoms with Gasteiger partial charge < -0.3 is 17.0 Å². The molecule has 134 valence electrons. The predicted molar refractivity (Wildman–Crippen MR) is 96.1 cm³/mol. The van der Waals surface area contributed by atoms with E-state index in [9.17, 15) is 13.2 Å². The fourth-order valence-corrected chi connectivity index (χ4v) is 3.30. The molecule has 0 unspecified atom stereocenters. The molecule has 3 aromatic heterocycles. The molecule has 0 aliphatic rings. The van der Waals surface area contributed by atoms with E-state index in [1.807, 2.05) is 19.1 Å². The number of alkyl halides is 3. The van der Waals surface area contributed by atoms with Crippen molar-refractivity contribution in [2.24, 2.45) is 7.05 Å². The largest absolute Gasteiger partial charge is 2.00 e. The van der Waals surface area contributed by atoms with Crippen LogP contribution < -0.4 is 0 Å². The quantitative estimate of drug-likeness (QED) is 0.217. The number of nitrogens with zero attached hydrogens (tertiary/aromatic N) is 4. The fraction of sp³-hybridized carbons (Fsp3) is 0.250. The Morgan fingerprint density at radius 3 is 2.58 bits per heavy atom. The minimum atomic E-state index is -4.53. The van der Waals surface area contributed by atoms with Crippen LogP contribution in [0.1, 0.15) is 12.6 Å². The van der Waals surface area contributed by atoms with Crippen molar-refractivity contribution in [3.8, 4) is 11.5 Å². The van der Waals surface area contributed by atoms with Gasteiger partial charge in [0.15, 0.2) is 0 Å². The van der Waals surface area contributed by atoms with Crippen molar-refractivity contribution in [1.29, 1.82) is 0 Å². The average molecular weight is 497 g/mol. The van der Waals surface area contributed by atoms with Crippen molar-refractivity contribution >= 4 is 38.7 Å². The summed E-state index contributed by atoms with van der Waals surface area (Å²) in [5.74, 6) is 1.31. The van der Waals surface area contributed by atoms with Crippen LogP contribution in [0.15, 0.2) is 27.7 Å². The summed E-state index contributed by atoms with van der Waals surface area (Å²) >= 11 is 4.91. The molecule has 0 fully saturated rings. The van der Waals surface area contributed by atoms with Crippen LogP contribution in [0.3, 0.4) is 0 Å². The Labute approximate surface area is 174 Å². The average Bonchev–Trinajstić information content (AvgIpc) is 2.85. The molecule has 0 aliphatic carbocycles. The maximum absolute atomic E-state index is 12.8. The van der Waals surface area contributed by atoms with E-state index in [0.29, 0.717) is 21.6 Å². The topological polar surface area (TPSA) is 43.6 Å². The van der Waals surface area contributed by atoms with E-state index in [0.717, 1.165) is 16.7 Å². The molecule has 0 aromatic carbocycles. The normalized spacial score (nSPS) is 11.2. The maximum Gasteiger partial charge on any atom is 2.00 e. The zero-order valence-electron chi connectivity index (χ0n) is 14.4. The van der Waals surface area contributed by atoms with Gasteiger partial charge in [-0.2, -0.15) is 13.2 Å². The molecule has 0 saturated carbocycles. The molecule has 0 atom stereocenters. The van der Waals surface area contributed by atoms with Crippen molar-refractivity contribution < 1.29 is 32.6 Å². The summed E-state index contributed by atoms with van der Waals surface area (Å²) in [6, 6.07) is 4.66. The summed E-state index contributed by atoms with van der Waals surface area (Å²) in [5.41, 5.74) is 0.179. The fourth-order valence-electron chi connectivity index (χ4n) is 2.24. The van der Waals surface area contributed by atoms with Gasteiger partial charge >= 0.3 is 25.7 Å². The summed E-state index contributed by atoms with van der Waals surface area (Å²) in [5, 5.41) is 0. The zero-order chi connectivity index (χ0) is 17.5. The predicted octanol–water partition coefficient (Wildman–Crippen LogP) is 5.17. The number of hydrogen-bond acceptors (Lipinski definition) is 4. The molecule has 0 spiro atoms. The second kappa shape index (κ2) is 8.80. The Bertz CT molecular complexity index is 914. The molecule has 0 saturated heterocycles. The zero-order valence-corrected chi connectivity index (χ0v) is 19.7. The Balaban J connectivity index is 0.00000169. The van der Waals surface area contributed by atoms with E-state index in [1.54, 1.807) is 23.4 Å². The van der Waals surface area contributed by atoms with Crippen LogP contribution in [0.2, 0.25) is 0 Å². The number of aryl methyl sites for hydroxylation is 1. The third-order valence-electron chi connectivity index (χ3n) is 3.30. The molecule has 0 aliphatic heterocycles. The molecular weight excluding hydrogens is 483 g/mol. The summed E-state index contributed by atoms with van der Waals surface area (Å²) in [7, 11) is 1.71. The van der Waals surface area contributed by atoms with Crippen LogP contribution in [-0.4, -0.2) is 25.3 Å². The van der Waals surface area contributed by atoms with Gasteiger partial charge in [0.25, 0.3) is 0 Å². The first-order chi connectivity index (χ1) is 11.3. The number of hydrogen-bond donors (Lipinski definition) is 0. The molecule has 0 N–H and O–H groups in total. The Kier molecular flexibility index (Phi) is 7.80. The summed E-state index contributed by atoms with van der Waals surface area (Å²) < 4.78 is 40.8. The van der Waals surface area contributed by atoms with Crippen molar-refractivity contribution in [3.63, 3.8) is 0 Å². The molecular formula is C16H14BrF3N4SZn. The van der Waals surface area contributed by atoms with Gasteiger partial charge in [-0.05, 0) is 44.8 Å². The van der Waals surface area contributed by atoms with Crippen LogP contribution in [0.4, 0.5) is 13.2 Å². The van der Waals surface area contributed by atoms with Gasteiger partial charge in [0.05, 0.1) is 0 Å². The monoisotopic (exact) mass is 494 g/mol. The van der Waals surface area contributed by atoms with Gasteiger partial charge in [-0.15, -0.1) is 17.8 Å². The van der Waals surface area contributed by atoms with Crippen molar-refractivity contribution in [1.82, 2.24) is 19.5 Å². The second-order valence-electron chi connectivity index (χ2n) is 4.89. The number of imidazole rings is 1. The van der Waals surface area contributed by atoms with Gasteiger partial charge in [-0.3, -0.25) is 4.98 Å². The summed E-state index contributed by atoms with van der Waals surface area (Å²) in [4.78, 5) is 13.1. The van der Waals surface area contributed by atoms with Gasteiger partial charge in [-0.25, -0.2) is 4.98 Å². The first-order valence-electron chi connectivity index (χ1n) is 6.93. The van der Waals surface area contributed by atoms with Crippen LogP contribution in [-0.2, 0) is 32.7 Å². The molecule has 10 heteroatoms. The molecule has 0 amide bonds. The summed E-state index contributed by atoms with van der Waals surface area (Å²) in [6.07, 6.45) is -2.09. The Morgan fingerprint density at radius 1 is 1.27 bits per heavy atom. The van der Waals surface area contributed by atoms with Crippen LogP contribution in [0, 0.1) is 13.6 Å². The van der Waals surface area contributed by atoms with E-state index in [4.69, 9.17) is 0 Å². The number of rotatable bonds is 3. The van der Waals surface area contributed by atoms with E-state index in [1.165, 1.54) is 0 Å². The van der Waals surface area contributed by atoms with E-state index in [2.05, 4.69) is 37.1 Å². The number of halogens is 4. The molecule has 3 aromatic rings. The minimum Gasteiger partial charge on any atom is -0.380 e. The minimum absolute atomic E-state index is 0. The van der Waals surface area contributed by atoms with Gasteiger partial charge in [0.1, 0.15) is 16.1 Å². The first-order valence-corrected chi connectivity index (χ1v) is 8.71. The smallest absolute Gasteiger partial charge is 0.380 e.